The summed E-state index contributed by atoms with van der Waals surface area (Å²) < 4.78 is 26.2. The highest BCUT2D eigenvalue weighted by atomic mass is 35.5. The molecule has 0 aromatic heterocycles. The summed E-state index contributed by atoms with van der Waals surface area (Å²) in [6.07, 6.45) is 1.97. The Kier molecular flexibility index (Phi) is 8.16. The second-order valence-corrected chi connectivity index (χ2v) is 10.8. The molecular weight excluding hydrogens is 456 g/mol. The zero-order valence-electron chi connectivity index (χ0n) is 19.0. The minimum Gasteiger partial charge on any atom is -0.345 e. The van der Waals surface area contributed by atoms with E-state index in [-0.39, 0.29) is 18.5 Å². The summed E-state index contributed by atoms with van der Waals surface area (Å²) in [5.41, 5.74) is 2.69. The number of nitrogens with one attached hydrogen (secondary N) is 1. The molecule has 5 nitrogen and oxygen atoms in total. The third-order valence-corrected chi connectivity index (χ3v) is 6.81. The van der Waals surface area contributed by atoms with Crippen molar-refractivity contribution in [3.05, 3.63) is 101 Å². The summed E-state index contributed by atoms with van der Waals surface area (Å²) in [7, 11) is -3.56. The molecule has 0 aliphatic heterocycles. The van der Waals surface area contributed by atoms with Gasteiger partial charge in [0.05, 0.1) is 24.5 Å². The van der Waals surface area contributed by atoms with Gasteiger partial charge in [0.1, 0.15) is 0 Å². The molecule has 7 heteroatoms. The summed E-state index contributed by atoms with van der Waals surface area (Å²) in [6, 6.07) is 23.5. The number of carbonyl (C=O) groups is 1. The molecule has 33 heavy (non-hydrogen) atoms. The maximum atomic E-state index is 13.0. The maximum Gasteiger partial charge on any atom is 0.251 e. The van der Waals surface area contributed by atoms with Crippen molar-refractivity contribution in [3.8, 4) is 0 Å². The van der Waals surface area contributed by atoms with E-state index in [0.717, 1.165) is 18.2 Å². The molecule has 3 rings (SSSR count). The van der Waals surface area contributed by atoms with E-state index in [9.17, 15) is 13.2 Å². The van der Waals surface area contributed by atoms with E-state index >= 15 is 0 Å². The molecule has 0 fully saturated rings. The first-order chi connectivity index (χ1) is 15.6. The number of hydrogen-bond donors (Lipinski definition) is 1. The molecule has 0 bridgehead atoms. The van der Waals surface area contributed by atoms with E-state index in [1.807, 2.05) is 36.4 Å². The molecular formula is C26H29ClN2O3S. The van der Waals surface area contributed by atoms with E-state index in [4.69, 9.17) is 11.6 Å². The second-order valence-electron chi connectivity index (χ2n) is 8.47. The van der Waals surface area contributed by atoms with Crippen LogP contribution in [0.5, 0.6) is 0 Å². The van der Waals surface area contributed by atoms with Crippen LogP contribution in [-0.4, -0.2) is 20.6 Å². The van der Waals surface area contributed by atoms with Crippen LogP contribution in [-0.2, 0) is 16.6 Å². The van der Waals surface area contributed by atoms with Crippen LogP contribution in [0.15, 0.2) is 78.9 Å². The van der Waals surface area contributed by atoms with Gasteiger partial charge in [-0.1, -0.05) is 74.0 Å². The van der Waals surface area contributed by atoms with Gasteiger partial charge in [-0.2, -0.15) is 0 Å². The minimum absolute atomic E-state index is 0.105. The third kappa shape index (κ3) is 6.83. The van der Waals surface area contributed by atoms with Crippen molar-refractivity contribution in [3.63, 3.8) is 0 Å². The second kappa shape index (κ2) is 10.9. The summed E-state index contributed by atoms with van der Waals surface area (Å²) in [5, 5.41) is 3.62. The number of anilines is 1. The smallest absolute Gasteiger partial charge is 0.251 e. The van der Waals surface area contributed by atoms with E-state index in [1.54, 1.807) is 42.5 Å². The van der Waals surface area contributed by atoms with E-state index in [1.165, 1.54) is 4.31 Å². The molecule has 1 atom stereocenters. The third-order valence-electron chi connectivity index (χ3n) is 5.30. The van der Waals surface area contributed by atoms with Gasteiger partial charge in [-0.05, 0) is 53.8 Å². The fourth-order valence-electron chi connectivity index (χ4n) is 3.64. The van der Waals surface area contributed by atoms with Crippen LogP contribution in [0.4, 0.5) is 5.69 Å². The molecule has 0 saturated carbocycles. The van der Waals surface area contributed by atoms with Gasteiger partial charge >= 0.3 is 0 Å². The van der Waals surface area contributed by atoms with Gasteiger partial charge in [-0.25, -0.2) is 8.42 Å². The Balaban J connectivity index is 1.81. The average Bonchev–Trinajstić information content (AvgIpc) is 2.77. The molecule has 1 N–H and O–H groups in total. The van der Waals surface area contributed by atoms with Crippen LogP contribution in [0.3, 0.4) is 0 Å². The molecule has 0 saturated heterocycles. The molecule has 0 heterocycles. The zero-order valence-corrected chi connectivity index (χ0v) is 20.6. The van der Waals surface area contributed by atoms with E-state index < -0.39 is 10.0 Å². The molecule has 0 spiro atoms. The Morgan fingerprint density at radius 2 is 1.55 bits per heavy atom. The fraction of sp³-hybridized carbons (Fsp3) is 0.269. The Morgan fingerprint density at radius 1 is 0.939 bits per heavy atom. The van der Waals surface area contributed by atoms with Crippen molar-refractivity contribution in [1.29, 1.82) is 0 Å². The summed E-state index contributed by atoms with van der Waals surface area (Å²) in [4.78, 5) is 13.0. The Hall–Kier alpha value is -2.83. The highest BCUT2D eigenvalue weighted by molar-refractivity contribution is 7.92. The molecule has 0 radical (unpaired) electrons. The number of amides is 1. The van der Waals surface area contributed by atoms with Gasteiger partial charge in [0.25, 0.3) is 5.91 Å². The molecule has 0 aliphatic carbocycles. The number of rotatable bonds is 9. The van der Waals surface area contributed by atoms with Crippen molar-refractivity contribution >= 4 is 33.2 Å². The van der Waals surface area contributed by atoms with Gasteiger partial charge in [0, 0.05) is 10.6 Å². The van der Waals surface area contributed by atoms with Gasteiger partial charge in [-0.15, -0.1) is 0 Å². The number of nitrogens with zero attached hydrogens (tertiary/aromatic N) is 1. The van der Waals surface area contributed by atoms with Crippen molar-refractivity contribution in [1.82, 2.24) is 5.32 Å². The Morgan fingerprint density at radius 3 is 2.12 bits per heavy atom. The quantitative estimate of drug-likeness (QED) is 0.416. The number of sulfonamides is 1. The van der Waals surface area contributed by atoms with Crippen molar-refractivity contribution in [2.45, 2.75) is 32.9 Å². The van der Waals surface area contributed by atoms with Crippen LogP contribution in [0.25, 0.3) is 0 Å². The lowest BCUT2D eigenvalue weighted by Crippen LogP contribution is -2.30. The lowest BCUT2D eigenvalue weighted by atomic mass is 9.96. The van der Waals surface area contributed by atoms with Crippen LogP contribution in [0.1, 0.15) is 47.8 Å². The van der Waals surface area contributed by atoms with Gasteiger partial charge in [0.2, 0.25) is 10.0 Å². The van der Waals surface area contributed by atoms with E-state index in [0.29, 0.717) is 27.8 Å². The molecule has 3 aromatic carbocycles. The van der Waals surface area contributed by atoms with E-state index in [2.05, 4.69) is 19.2 Å². The molecule has 174 valence electrons. The SMILES string of the molecule is CC(C)C[C@H](NC(=O)c1ccc(N(Cc2ccccc2Cl)S(C)(=O)=O)cc1)c1ccccc1. The van der Waals surface area contributed by atoms with Crippen LogP contribution < -0.4 is 9.62 Å². The first-order valence-electron chi connectivity index (χ1n) is 10.8. The highest BCUT2D eigenvalue weighted by Gasteiger charge is 2.21. The average molecular weight is 485 g/mol. The number of halogens is 1. The minimum atomic E-state index is -3.56. The topological polar surface area (TPSA) is 66.5 Å². The molecule has 3 aromatic rings. The summed E-state index contributed by atoms with van der Waals surface area (Å²) in [6.45, 7) is 4.35. The predicted molar refractivity (Wildman–Crippen MR) is 135 cm³/mol. The predicted octanol–water partition coefficient (Wildman–Crippen LogP) is 5.82. The maximum absolute atomic E-state index is 13.0. The largest absolute Gasteiger partial charge is 0.345 e. The monoisotopic (exact) mass is 484 g/mol. The summed E-state index contributed by atoms with van der Waals surface area (Å²) >= 11 is 6.23. The van der Waals surface area contributed by atoms with Crippen LogP contribution in [0.2, 0.25) is 5.02 Å². The fourth-order valence-corrected chi connectivity index (χ4v) is 4.71. The number of benzene rings is 3. The highest BCUT2D eigenvalue weighted by Crippen LogP contribution is 2.25. The lowest BCUT2D eigenvalue weighted by molar-refractivity contribution is 0.0932. The Labute approximate surface area is 201 Å². The molecule has 0 unspecified atom stereocenters. The first-order valence-corrected chi connectivity index (χ1v) is 13.0. The summed E-state index contributed by atoms with van der Waals surface area (Å²) in [5.74, 6) is 0.207. The number of hydrogen-bond acceptors (Lipinski definition) is 3. The van der Waals surface area contributed by atoms with Crippen molar-refractivity contribution < 1.29 is 13.2 Å². The van der Waals surface area contributed by atoms with Gasteiger partial charge in [-0.3, -0.25) is 9.10 Å². The van der Waals surface area contributed by atoms with Crippen LogP contribution in [0, 0.1) is 5.92 Å². The van der Waals surface area contributed by atoms with Gasteiger partial charge in [0.15, 0.2) is 0 Å². The standard InChI is InChI=1S/C26H29ClN2O3S/c1-19(2)17-25(20-9-5-4-6-10-20)28-26(30)21-13-15-23(16-14-21)29(33(3,31)32)18-22-11-7-8-12-24(22)27/h4-16,19,25H,17-18H2,1-3H3,(H,28,30)/t25-/m0/s1. The zero-order chi connectivity index (χ0) is 24.0. The first kappa shape index (κ1) is 24.8. The lowest BCUT2D eigenvalue weighted by Gasteiger charge is -2.24. The Bertz CT molecular complexity index is 1180. The molecule has 0 aliphatic rings. The van der Waals surface area contributed by atoms with Gasteiger partial charge < -0.3 is 5.32 Å². The van der Waals surface area contributed by atoms with Crippen molar-refractivity contribution in [2.75, 3.05) is 10.6 Å². The van der Waals surface area contributed by atoms with Crippen LogP contribution >= 0.6 is 11.6 Å². The normalized spacial score (nSPS) is 12.4. The number of carbonyl (C=O) groups excluding carboxylic acids is 1. The molecule has 1 amide bonds. The van der Waals surface area contributed by atoms with Crippen molar-refractivity contribution in [2.24, 2.45) is 5.92 Å².